The fraction of sp³-hybridized carbons (Fsp3) is 0.273. The Kier molecular flexibility index (Phi) is 9.67. The van der Waals surface area contributed by atoms with Crippen LogP contribution in [0.5, 0.6) is 0 Å². The van der Waals surface area contributed by atoms with E-state index in [1.165, 1.54) is 36.0 Å². The van der Waals surface area contributed by atoms with E-state index in [1.807, 2.05) is 0 Å². The van der Waals surface area contributed by atoms with Crippen LogP contribution in [0.4, 0.5) is 36.6 Å². The number of nitrogens with zero attached hydrogens (tertiary/aromatic N) is 5. The van der Waals surface area contributed by atoms with Gasteiger partial charge in [-0.3, -0.25) is 18.9 Å². The Morgan fingerprint density at radius 3 is 2.38 bits per heavy atom. The molecule has 0 saturated carbocycles. The van der Waals surface area contributed by atoms with Crippen molar-refractivity contribution >= 4 is 55.9 Å². The third kappa shape index (κ3) is 7.37. The van der Waals surface area contributed by atoms with Gasteiger partial charge in [0.2, 0.25) is 15.9 Å². The number of nitrogens with one attached hydrogen (secondary N) is 2. The topological polar surface area (TPSA) is 124 Å². The van der Waals surface area contributed by atoms with E-state index in [0.29, 0.717) is 11.6 Å². The number of benzene rings is 2. The van der Waals surface area contributed by atoms with Crippen molar-refractivity contribution < 1.29 is 43.9 Å². The SMILES string of the molecule is C#C[C@@H]1Cc2c(C(F)(F)F)nn(CC(=O)N[C@@H](Cc3cc(F)cc(F)c3)c3nc(Cl)ccc3-c3ccc(Cl)c4c(NS(C)(=O)=O)nn(C)c34)c2C1(F)F. The summed E-state index contributed by atoms with van der Waals surface area (Å²) in [7, 11) is -2.34. The molecule has 1 aliphatic carbocycles. The summed E-state index contributed by atoms with van der Waals surface area (Å²) in [5, 5.41) is 10.3. The monoisotopic (exact) mass is 801 g/mol. The highest BCUT2D eigenvalue weighted by Gasteiger charge is 2.55. The Balaban J connectivity index is 1.48. The van der Waals surface area contributed by atoms with Gasteiger partial charge < -0.3 is 5.32 Å². The fourth-order valence-corrected chi connectivity index (χ4v) is 7.30. The number of aryl methyl sites for hydroxylation is 1. The normalized spacial score (nSPS) is 16.0. The number of rotatable bonds is 9. The van der Waals surface area contributed by atoms with Gasteiger partial charge in [0, 0.05) is 29.8 Å². The molecule has 2 N–H and O–H groups in total. The van der Waals surface area contributed by atoms with Gasteiger partial charge in [0.05, 0.1) is 39.8 Å². The Hall–Kier alpha value is -4.86. The van der Waals surface area contributed by atoms with Gasteiger partial charge in [-0.1, -0.05) is 35.2 Å². The quantitative estimate of drug-likeness (QED) is 0.0961. The maximum Gasteiger partial charge on any atom is 0.435 e. The average molecular weight is 803 g/mol. The summed E-state index contributed by atoms with van der Waals surface area (Å²) >= 11 is 12.8. The molecule has 1 aliphatic rings. The number of carbonyl (C=O) groups excluding carboxylic acids is 1. The highest BCUT2D eigenvalue weighted by atomic mass is 35.5. The highest BCUT2D eigenvalue weighted by molar-refractivity contribution is 7.92. The minimum atomic E-state index is -5.15. The molecule has 2 atom stereocenters. The number of fused-ring (bicyclic) bond motifs is 2. The van der Waals surface area contributed by atoms with Gasteiger partial charge in [-0.15, -0.1) is 6.42 Å². The number of anilines is 1. The van der Waals surface area contributed by atoms with E-state index in [9.17, 15) is 35.2 Å². The average Bonchev–Trinajstić information content (AvgIpc) is 3.64. The van der Waals surface area contributed by atoms with E-state index in [0.717, 1.165) is 18.4 Å². The second-order valence-electron chi connectivity index (χ2n) is 12.2. The molecule has 10 nitrogen and oxygen atoms in total. The van der Waals surface area contributed by atoms with E-state index in [1.54, 1.807) is 5.92 Å². The predicted molar refractivity (Wildman–Crippen MR) is 181 cm³/mol. The van der Waals surface area contributed by atoms with E-state index in [-0.39, 0.29) is 48.4 Å². The van der Waals surface area contributed by atoms with Crippen LogP contribution in [0, 0.1) is 29.9 Å². The molecular weight excluding hydrogens is 778 g/mol. The molecule has 0 bridgehead atoms. The summed E-state index contributed by atoms with van der Waals surface area (Å²) in [6.07, 6.45) is -0.268. The van der Waals surface area contributed by atoms with Crippen molar-refractivity contribution in [2.45, 2.75) is 37.5 Å². The number of pyridine rings is 1. The van der Waals surface area contributed by atoms with Crippen molar-refractivity contribution in [1.82, 2.24) is 29.9 Å². The molecule has 0 fully saturated rings. The van der Waals surface area contributed by atoms with Crippen molar-refractivity contribution in [2.75, 3.05) is 11.0 Å². The number of alkyl halides is 5. The van der Waals surface area contributed by atoms with Crippen molar-refractivity contribution in [3.8, 4) is 23.5 Å². The molecule has 0 spiro atoms. The first-order valence-corrected chi connectivity index (χ1v) is 17.9. The van der Waals surface area contributed by atoms with Gasteiger partial charge in [-0.25, -0.2) is 22.2 Å². The third-order valence-corrected chi connectivity index (χ3v) is 9.49. The summed E-state index contributed by atoms with van der Waals surface area (Å²) in [6.45, 7) is -1.15. The van der Waals surface area contributed by atoms with Crippen molar-refractivity contribution in [2.24, 2.45) is 13.0 Å². The number of aromatic nitrogens is 5. The van der Waals surface area contributed by atoms with E-state index >= 15 is 8.78 Å². The molecule has 1 amide bonds. The first-order chi connectivity index (χ1) is 24.7. The largest absolute Gasteiger partial charge is 0.435 e. The molecule has 6 rings (SSSR count). The summed E-state index contributed by atoms with van der Waals surface area (Å²) in [4.78, 5) is 18.1. The van der Waals surface area contributed by atoms with Crippen molar-refractivity contribution in [3.05, 3.63) is 92.5 Å². The molecule has 3 heterocycles. The molecule has 53 heavy (non-hydrogen) atoms. The summed E-state index contributed by atoms with van der Waals surface area (Å²) in [5.41, 5.74) is -2.87. The minimum absolute atomic E-state index is 0.00955. The van der Waals surface area contributed by atoms with Crippen LogP contribution in [-0.4, -0.2) is 45.1 Å². The first-order valence-electron chi connectivity index (χ1n) is 15.2. The molecular formula is C33H24Cl2F7N7O3S. The number of hydrogen-bond acceptors (Lipinski definition) is 6. The van der Waals surface area contributed by atoms with Crippen LogP contribution in [0.2, 0.25) is 10.2 Å². The Labute approximate surface area is 306 Å². The van der Waals surface area contributed by atoms with E-state index < -0.39 is 88.0 Å². The first kappa shape index (κ1) is 37.9. The van der Waals surface area contributed by atoms with Crippen LogP contribution in [0.15, 0.2) is 42.5 Å². The molecule has 3 aromatic heterocycles. The highest BCUT2D eigenvalue weighted by Crippen LogP contribution is 2.49. The lowest BCUT2D eigenvalue weighted by Crippen LogP contribution is -2.35. The molecule has 0 aliphatic heterocycles. The van der Waals surface area contributed by atoms with Crippen LogP contribution in [0.1, 0.15) is 34.3 Å². The van der Waals surface area contributed by atoms with E-state index in [4.69, 9.17) is 29.6 Å². The van der Waals surface area contributed by atoms with Gasteiger partial charge in [0.25, 0.3) is 0 Å². The zero-order valence-corrected chi connectivity index (χ0v) is 29.5. The summed E-state index contributed by atoms with van der Waals surface area (Å²) < 4.78 is 129. The second-order valence-corrected chi connectivity index (χ2v) is 14.8. The second kappa shape index (κ2) is 13.5. The third-order valence-electron chi connectivity index (χ3n) is 8.40. The van der Waals surface area contributed by atoms with Crippen LogP contribution >= 0.6 is 23.2 Å². The fourth-order valence-electron chi connectivity index (χ4n) is 6.41. The lowest BCUT2D eigenvalue weighted by molar-refractivity contribution is -0.142. The number of hydrogen-bond donors (Lipinski definition) is 2. The molecule has 5 aromatic rings. The maximum atomic E-state index is 15.3. The number of carbonyl (C=O) groups is 1. The van der Waals surface area contributed by atoms with Gasteiger partial charge in [0.15, 0.2) is 11.5 Å². The summed E-state index contributed by atoms with van der Waals surface area (Å²) in [5.74, 6) is -7.27. The standard InChI is InChI=1S/C33H24Cl2F7N7O3S/c1-4-16-12-21-29(33(40,41)42)45-49(30(21)32(16,38)39)14-25(50)43-23(11-15-9-17(36)13-18(37)10-15)27-19(6-8-24(35)44-27)20-5-7-22(34)26-28(20)48(2)46-31(26)47-53(3,51)52/h1,5-10,13,16,23H,11-12,14H2,2-3H3,(H,43,50)(H,46,47)/t16-,23+/m1/s1. The molecule has 278 valence electrons. The molecule has 0 radical (unpaired) electrons. The molecule has 0 unspecified atom stereocenters. The molecule has 20 heteroatoms. The Morgan fingerprint density at radius 2 is 1.75 bits per heavy atom. The van der Waals surface area contributed by atoms with Gasteiger partial charge in [-0.05, 0) is 48.7 Å². The lowest BCUT2D eigenvalue weighted by Gasteiger charge is -2.23. The Bertz CT molecular complexity index is 2440. The summed E-state index contributed by atoms with van der Waals surface area (Å²) in [6, 6.07) is 6.98. The Morgan fingerprint density at radius 1 is 1.09 bits per heavy atom. The smallest absolute Gasteiger partial charge is 0.346 e. The zero-order valence-electron chi connectivity index (χ0n) is 27.2. The number of terminal acetylenes is 1. The molecule has 0 saturated heterocycles. The predicted octanol–water partition coefficient (Wildman–Crippen LogP) is 6.80. The lowest BCUT2D eigenvalue weighted by atomic mass is 9.94. The van der Waals surface area contributed by atoms with E-state index in [2.05, 4.69) is 25.2 Å². The molecule has 2 aromatic carbocycles. The number of sulfonamides is 1. The zero-order chi connectivity index (χ0) is 38.8. The minimum Gasteiger partial charge on any atom is -0.346 e. The number of halogens is 9. The van der Waals surface area contributed by atoms with Crippen molar-refractivity contribution in [1.29, 1.82) is 0 Å². The van der Waals surface area contributed by atoms with Crippen LogP contribution in [0.3, 0.4) is 0 Å². The van der Waals surface area contributed by atoms with Crippen LogP contribution < -0.4 is 10.0 Å². The van der Waals surface area contributed by atoms with Gasteiger partial charge in [0.1, 0.15) is 29.0 Å². The van der Waals surface area contributed by atoms with Crippen LogP contribution in [-0.2, 0) is 53.4 Å². The van der Waals surface area contributed by atoms with Crippen molar-refractivity contribution in [3.63, 3.8) is 0 Å². The maximum absolute atomic E-state index is 15.3. The van der Waals surface area contributed by atoms with Crippen LogP contribution in [0.25, 0.3) is 22.0 Å². The number of amides is 1. The van der Waals surface area contributed by atoms with Gasteiger partial charge in [-0.2, -0.15) is 32.1 Å². The van der Waals surface area contributed by atoms with Gasteiger partial charge >= 0.3 is 12.1 Å².